The van der Waals surface area contributed by atoms with E-state index in [1.165, 1.54) is 23.5 Å². The van der Waals surface area contributed by atoms with Gasteiger partial charge in [-0.25, -0.2) is 9.37 Å². The number of halogens is 1. The van der Waals surface area contributed by atoms with Crippen LogP contribution in [0.3, 0.4) is 0 Å². The Morgan fingerprint density at radius 3 is 2.88 bits per heavy atom. The number of hydrogen-bond acceptors (Lipinski definition) is 4. The summed E-state index contributed by atoms with van der Waals surface area (Å²) in [4.78, 5) is 29.5. The SMILES string of the molecule is O=C1CCC(C(=O)Nc2ncc(-c3ccc(F)cc3)s2)n2cccc21. The topological polar surface area (TPSA) is 64.0 Å². The number of anilines is 1. The number of Topliss-reactive ketones (excluding diaryl/α,β-unsaturated/α-hetero) is 1. The van der Waals surface area contributed by atoms with Crippen LogP contribution in [0.25, 0.3) is 10.4 Å². The molecule has 0 saturated carbocycles. The summed E-state index contributed by atoms with van der Waals surface area (Å²) < 4.78 is 14.7. The molecule has 1 aromatic carbocycles. The molecule has 1 atom stereocenters. The maximum atomic E-state index is 13.0. The molecule has 3 heterocycles. The molecule has 0 spiro atoms. The van der Waals surface area contributed by atoms with Crippen LogP contribution in [-0.4, -0.2) is 21.2 Å². The monoisotopic (exact) mass is 355 g/mol. The highest BCUT2D eigenvalue weighted by Crippen LogP contribution is 2.31. The summed E-state index contributed by atoms with van der Waals surface area (Å²) in [5.74, 6) is -0.428. The molecule has 5 nitrogen and oxygen atoms in total. The minimum Gasteiger partial charge on any atom is -0.333 e. The Morgan fingerprint density at radius 1 is 1.28 bits per heavy atom. The van der Waals surface area contributed by atoms with Gasteiger partial charge < -0.3 is 9.88 Å². The van der Waals surface area contributed by atoms with Gasteiger partial charge in [-0.15, -0.1) is 0 Å². The average molecular weight is 355 g/mol. The maximum absolute atomic E-state index is 13.0. The molecule has 1 N–H and O–H groups in total. The number of rotatable bonds is 3. The number of nitrogens with zero attached hydrogens (tertiary/aromatic N) is 2. The van der Waals surface area contributed by atoms with Gasteiger partial charge in [0.1, 0.15) is 11.9 Å². The Balaban J connectivity index is 1.52. The number of thiazole rings is 1. The number of hydrogen-bond donors (Lipinski definition) is 1. The first-order chi connectivity index (χ1) is 12.1. The predicted molar refractivity (Wildman–Crippen MR) is 93.2 cm³/mol. The van der Waals surface area contributed by atoms with Crippen molar-refractivity contribution in [1.82, 2.24) is 9.55 Å². The van der Waals surface area contributed by atoms with E-state index in [0.717, 1.165) is 10.4 Å². The zero-order valence-electron chi connectivity index (χ0n) is 13.1. The van der Waals surface area contributed by atoms with E-state index in [9.17, 15) is 14.0 Å². The Hall–Kier alpha value is -2.80. The fourth-order valence-electron chi connectivity index (χ4n) is 2.96. The van der Waals surface area contributed by atoms with E-state index < -0.39 is 6.04 Å². The van der Waals surface area contributed by atoms with E-state index in [1.807, 2.05) is 0 Å². The lowest BCUT2D eigenvalue weighted by atomic mass is 10.0. The molecule has 0 fully saturated rings. The number of carbonyl (C=O) groups is 2. The average Bonchev–Trinajstić information content (AvgIpc) is 3.26. The van der Waals surface area contributed by atoms with Crippen molar-refractivity contribution < 1.29 is 14.0 Å². The maximum Gasteiger partial charge on any atom is 0.249 e. The van der Waals surface area contributed by atoms with Crippen molar-refractivity contribution in [1.29, 1.82) is 0 Å². The van der Waals surface area contributed by atoms with Gasteiger partial charge in [0, 0.05) is 18.8 Å². The summed E-state index contributed by atoms with van der Waals surface area (Å²) in [7, 11) is 0. The summed E-state index contributed by atoms with van der Waals surface area (Å²) in [5.41, 5.74) is 1.41. The van der Waals surface area contributed by atoms with E-state index >= 15 is 0 Å². The van der Waals surface area contributed by atoms with Gasteiger partial charge in [-0.05, 0) is 36.2 Å². The number of benzene rings is 1. The second-order valence-electron chi connectivity index (χ2n) is 5.80. The molecule has 126 valence electrons. The van der Waals surface area contributed by atoms with Crippen LogP contribution in [0.1, 0.15) is 29.4 Å². The van der Waals surface area contributed by atoms with Crippen LogP contribution in [0.4, 0.5) is 9.52 Å². The normalized spacial score (nSPS) is 16.5. The molecule has 3 aromatic rings. The van der Waals surface area contributed by atoms with Gasteiger partial charge in [-0.1, -0.05) is 23.5 Å². The van der Waals surface area contributed by atoms with Gasteiger partial charge in [0.2, 0.25) is 5.91 Å². The molecular weight excluding hydrogens is 341 g/mol. The molecule has 0 aliphatic carbocycles. The van der Waals surface area contributed by atoms with Crippen LogP contribution in [0.2, 0.25) is 0 Å². The largest absolute Gasteiger partial charge is 0.333 e. The highest BCUT2D eigenvalue weighted by atomic mass is 32.1. The molecule has 7 heteroatoms. The quantitative estimate of drug-likeness (QED) is 0.775. The highest BCUT2D eigenvalue weighted by Gasteiger charge is 2.29. The molecule has 1 amide bonds. The lowest BCUT2D eigenvalue weighted by molar-refractivity contribution is -0.119. The fourth-order valence-corrected chi connectivity index (χ4v) is 3.79. The third-order valence-electron chi connectivity index (χ3n) is 4.21. The van der Waals surface area contributed by atoms with Gasteiger partial charge in [0.15, 0.2) is 10.9 Å². The number of fused-ring (bicyclic) bond motifs is 1. The minimum atomic E-state index is -0.416. The van der Waals surface area contributed by atoms with E-state index in [4.69, 9.17) is 0 Å². The van der Waals surface area contributed by atoms with Crippen LogP contribution >= 0.6 is 11.3 Å². The van der Waals surface area contributed by atoms with Gasteiger partial charge in [-0.3, -0.25) is 9.59 Å². The first kappa shape index (κ1) is 15.7. The molecule has 0 saturated heterocycles. The molecule has 2 aromatic heterocycles. The van der Waals surface area contributed by atoms with Crippen molar-refractivity contribution >= 4 is 28.2 Å². The molecule has 0 radical (unpaired) electrons. The van der Waals surface area contributed by atoms with Crippen molar-refractivity contribution in [2.24, 2.45) is 0 Å². The van der Waals surface area contributed by atoms with E-state index in [2.05, 4.69) is 10.3 Å². The number of ketones is 1. The fraction of sp³-hybridized carbons (Fsp3) is 0.167. The second-order valence-corrected chi connectivity index (χ2v) is 6.83. The third kappa shape index (κ3) is 2.98. The van der Waals surface area contributed by atoms with Gasteiger partial charge in [-0.2, -0.15) is 0 Å². The number of nitrogens with one attached hydrogen (secondary N) is 1. The first-order valence-electron chi connectivity index (χ1n) is 7.84. The summed E-state index contributed by atoms with van der Waals surface area (Å²) in [6.07, 6.45) is 4.24. The first-order valence-corrected chi connectivity index (χ1v) is 8.66. The molecular formula is C18H14FN3O2S. The van der Waals surface area contributed by atoms with Crippen LogP contribution in [0, 0.1) is 5.82 Å². The molecule has 1 aliphatic rings. The standard InChI is InChI=1S/C18H14FN3O2S/c19-12-5-3-11(4-6-12)16-10-20-18(25-16)21-17(24)14-7-8-15(23)13-2-1-9-22(13)14/h1-6,9-10,14H,7-8H2,(H,20,21,24). The summed E-state index contributed by atoms with van der Waals surface area (Å²) in [5, 5.41) is 3.30. The second kappa shape index (κ2) is 6.25. The smallest absolute Gasteiger partial charge is 0.249 e. The van der Waals surface area contributed by atoms with Crippen LogP contribution < -0.4 is 5.32 Å². The lowest BCUT2D eigenvalue weighted by Gasteiger charge is -2.24. The number of amides is 1. The van der Waals surface area contributed by atoms with Crippen molar-refractivity contribution in [3.8, 4) is 10.4 Å². The predicted octanol–water partition coefficient (Wildman–Crippen LogP) is 3.91. The van der Waals surface area contributed by atoms with Gasteiger partial charge in [0.05, 0.1) is 10.6 Å². The lowest BCUT2D eigenvalue weighted by Crippen LogP contribution is -2.31. The van der Waals surface area contributed by atoms with Crippen molar-refractivity contribution in [2.75, 3.05) is 5.32 Å². The van der Waals surface area contributed by atoms with E-state index in [0.29, 0.717) is 23.7 Å². The number of aromatic nitrogens is 2. The van der Waals surface area contributed by atoms with E-state index in [-0.39, 0.29) is 17.5 Å². The van der Waals surface area contributed by atoms with Crippen molar-refractivity contribution in [3.05, 3.63) is 60.3 Å². The van der Waals surface area contributed by atoms with Crippen LogP contribution in [0.5, 0.6) is 0 Å². The Kier molecular flexibility index (Phi) is 3.93. The summed E-state index contributed by atoms with van der Waals surface area (Å²) in [6, 6.07) is 9.22. The van der Waals surface area contributed by atoms with Crippen LogP contribution in [0.15, 0.2) is 48.8 Å². The Labute approximate surface area is 147 Å². The van der Waals surface area contributed by atoms with Crippen LogP contribution in [-0.2, 0) is 4.79 Å². The summed E-state index contributed by atoms with van der Waals surface area (Å²) >= 11 is 1.33. The number of carbonyl (C=O) groups excluding carboxylic acids is 2. The molecule has 0 bridgehead atoms. The third-order valence-corrected chi connectivity index (χ3v) is 5.17. The zero-order chi connectivity index (χ0) is 17.4. The summed E-state index contributed by atoms with van der Waals surface area (Å²) in [6.45, 7) is 0. The van der Waals surface area contributed by atoms with Crippen molar-refractivity contribution in [2.45, 2.75) is 18.9 Å². The van der Waals surface area contributed by atoms with E-state index in [1.54, 1.807) is 41.2 Å². The molecule has 1 aliphatic heterocycles. The van der Waals surface area contributed by atoms with Gasteiger partial charge >= 0.3 is 0 Å². The minimum absolute atomic E-state index is 0.0573. The Bertz CT molecular complexity index is 945. The highest BCUT2D eigenvalue weighted by molar-refractivity contribution is 7.19. The molecule has 25 heavy (non-hydrogen) atoms. The molecule has 4 rings (SSSR count). The van der Waals surface area contributed by atoms with Crippen molar-refractivity contribution in [3.63, 3.8) is 0 Å². The Morgan fingerprint density at radius 2 is 2.08 bits per heavy atom. The zero-order valence-corrected chi connectivity index (χ0v) is 13.9. The molecule has 1 unspecified atom stereocenters. The van der Waals surface area contributed by atoms with Gasteiger partial charge in [0.25, 0.3) is 0 Å².